The Morgan fingerprint density at radius 2 is 1.84 bits per heavy atom. The zero-order chi connectivity index (χ0) is 13.4. The van der Waals surface area contributed by atoms with E-state index in [1.54, 1.807) is 0 Å². The van der Waals surface area contributed by atoms with Crippen molar-refractivity contribution in [2.75, 3.05) is 17.7 Å². The van der Waals surface area contributed by atoms with Crippen LogP contribution in [0.2, 0.25) is 5.02 Å². The van der Waals surface area contributed by atoms with Crippen LogP contribution >= 0.6 is 22.9 Å². The molecule has 0 aliphatic heterocycles. The number of hydrogen-bond acceptors (Lipinski definition) is 5. The summed E-state index contributed by atoms with van der Waals surface area (Å²) in [5.41, 5.74) is 7.54. The molecule has 3 aromatic rings. The summed E-state index contributed by atoms with van der Waals surface area (Å²) < 4.78 is 0. The quantitative estimate of drug-likeness (QED) is 0.782. The van der Waals surface area contributed by atoms with E-state index in [0.29, 0.717) is 5.13 Å². The van der Waals surface area contributed by atoms with E-state index in [2.05, 4.69) is 9.97 Å². The van der Waals surface area contributed by atoms with Crippen molar-refractivity contribution < 1.29 is 0 Å². The molecule has 2 heterocycles. The predicted octanol–water partition coefficient (Wildman–Crippen LogP) is 3.69. The van der Waals surface area contributed by atoms with Gasteiger partial charge in [0.1, 0.15) is 16.2 Å². The maximum Gasteiger partial charge on any atom is 0.182 e. The molecule has 0 spiro atoms. The highest BCUT2D eigenvalue weighted by atomic mass is 35.5. The molecule has 0 amide bonds. The Bertz CT molecular complexity index is 723. The van der Waals surface area contributed by atoms with Gasteiger partial charge in [-0.2, -0.15) is 0 Å². The molecule has 2 aromatic heterocycles. The fourth-order valence-corrected chi connectivity index (χ4v) is 2.63. The van der Waals surface area contributed by atoms with Gasteiger partial charge in [0.15, 0.2) is 5.13 Å². The average molecular weight is 291 g/mol. The minimum absolute atomic E-state index is 0.536. The van der Waals surface area contributed by atoms with Crippen LogP contribution in [0.4, 0.5) is 16.6 Å². The first-order valence-electron chi connectivity index (χ1n) is 5.66. The van der Waals surface area contributed by atoms with Crippen LogP contribution < -0.4 is 10.6 Å². The highest BCUT2D eigenvalue weighted by molar-refractivity contribution is 7.21. The highest BCUT2D eigenvalue weighted by Crippen LogP contribution is 2.28. The van der Waals surface area contributed by atoms with Gasteiger partial charge in [-0.1, -0.05) is 22.9 Å². The van der Waals surface area contributed by atoms with Gasteiger partial charge in [-0.3, -0.25) is 0 Å². The van der Waals surface area contributed by atoms with Gasteiger partial charge < -0.3 is 10.6 Å². The molecule has 0 radical (unpaired) electrons. The summed E-state index contributed by atoms with van der Waals surface area (Å²) in [6.07, 6.45) is 0. The van der Waals surface area contributed by atoms with E-state index in [1.165, 1.54) is 11.3 Å². The van der Waals surface area contributed by atoms with Crippen LogP contribution in [0, 0.1) is 0 Å². The third-order valence-corrected chi connectivity index (χ3v) is 3.86. The predicted molar refractivity (Wildman–Crippen MR) is 81.3 cm³/mol. The number of nitrogen functional groups attached to an aromatic ring is 1. The molecule has 4 nitrogen and oxygen atoms in total. The molecule has 19 heavy (non-hydrogen) atoms. The van der Waals surface area contributed by atoms with Crippen molar-refractivity contribution in [3.8, 4) is 0 Å². The fraction of sp³-hybridized carbons (Fsp3) is 0.0769. The summed E-state index contributed by atoms with van der Waals surface area (Å²) >= 11 is 7.28. The van der Waals surface area contributed by atoms with Crippen LogP contribution in [0.1, 0.15) is 0 Å². The fourth-order valence-electron chi connectivity index (χ4n) is 1.81. The standard InChI is InChI=1S/C13H11ClN4S/c1-18(9-4-2-8(14)3-5-9)11-7-6-10-12(17-11)19-13(15)16-10/h2-7H,1H3,(H2,15,16). The molecular formula is C13H11ClN4S. The van der Waals surface area contributed by atoms with Crippen molar-refractivity contribution in [1.29, 1.82) is 0 Å². The monoisotopic (exact) mass is 290 g/mol. The summed E-state index contributed by atoms with van der Waals surface area (Å²) in [5, 5.41) is 1.25. The second-order valence-electron chi connectivity index (χ2n) is 4.08. The highest BCUT2D eigenvalue weighted by Gasteiger charge is 2.08. The average Bonchev–Trinajstić information content (AvgIpc) is 2.77. The number of halogens is 1. The number of thiazole rings is 1. The minimum atomic E-state index is 0.536. The molecular weight excluding hydrogens is 280 g/mol. The molecule has 2 N–H and O–H groups in total. The van der Waals surface area contributed by atoms with Crippen molar-refractivity contribution in [2.45, 2.75) is 0 Å². The zero-order valence-corrected chi connectivity index (χ0v) is 11.7. The molecule has 0 aliphatic carbocycles. The van der Waals surface area contributed by atoms with E-state index in [0.717, 1.165) is 26.9 Å². The summed E-state index contributed by atoms with van der Waals surface area (Å²) in [4.78, 5) is 11.6. The Kier molecular flexibility index (Phi) is 3.00. The van der Waals surface area contributed by atoms with Crippen molar-refractivity contribution >= 4 is 49.9 Å². The van der Waals surface area contributed by atoms with Gasteiger partial charge in [0.05, 0.1) is 0 Å². The number of fused-ring (bicyclic) bond motifs is 1. The van der Waals surface area contributed by atoms with E-state index in [9.17, 15) is 0 Å². The lowest BCUT2D eigenvalue weighted by Crippen LogP contribution is -2.10. The second-order valence-corrected chi connectivity index (χ2v) is 5.53. The van der Waals surface area contributed by atoms with Crippen LogP contribution in [-0.2, 0) is 0 Å². The summed E-state index contributed by atoms with van der Waals surface area (Å²) in [6.45, 7) is 0. The lowest BCUT2D eigenvalue weighted by atomic mass is 10.3. The Balaban J connectivity index is 2.00. The molecule has 6 heteroatoms. The van der Waals surface area contributed by atoms with Crippen LogP contribution in [-0.4, -0.2) is 17.0 Å². The maximum atomic E-state index is 5.89. The van der Waals surface area contributed by atoms with Gasteiger partial charge in [0.2, 0.25) is 0 Å². The number of benzene rings is 1. The van der Waals surface area contributed by atoms with Crippen molar-refractivity contribution in [1.82, 2.24) is 9.97 Å². The van der Waals surface area contributed by atoms with Crippen LogP contribution in [0.5, 0.6) is 0 Å². The molecule has 0 fully saturated rings. The number of hydrogen-bond donors (Lipinski definition) is 1. The number of aromatic nitrogens is 2. The number of anilines is 3. The van der Waals surface area contributed by atoms with Gasteiger partial charge in [-0.25, -0.2) is 9.97 Å². The second kappa shape index (κ2) is 4.68. The van der Waals surface area contributed by atoms with Crippen LogP contribution in [0.3, 0.4) is 0 Å². The minimum Gasteiger partial charge on any atom is -0.375 e. The van der Waals surface area contributed by atoms with E-state index >= 15 is 0 Å². The molecule has 96 valence electrons. The normalized spacial score (nSPS) is 10.8. The number of rotatable bonds is 2. The Hall–Kier alpha value is -1.85. The smallest absolute Gasteiger partial charge is 0.182 e. The van der Waals surface area contributed by atoms with E-state index < -0.39 is 0 Å². The number of nitrogens with two attached hydrogens (primary N) is 1. The zero-order valence-electron chi connectivity index (χ0n) is 10.2. The first kappa shape index (κ1) is 12.2. The third kappa shape index (κ3) is 2.34. The molecule has 0 aliphatic rings. The summed E-state index contributed by atoms with van der Waals surface area (Å²) in [5.74, 6) is 0.846. The molecule has 0 saturated carbocycles. The van der Waals surface area contributed by atoms with Gasteiger partial charge in [0, 0.05) is 17.8 Å². The van der Waals surface area contributed by atoms with E-state index in [4.69, 9.17) is 17.3 Å². The van der Waals surface area contributed by atoms with Gasteiger partial charge in [0.25, 0.3) is 0 Å². The first-order chi connectivity index (χ1) is 9.13. The molecule has 0 atom stereocenters. The van der Waals surface area contributed by atoms with Gasteiger partial charge in [-0.15, -0.1) is 0 Å². The molecule has 0 unspecified atom stereocenters. The third-order valence-electron chi connectivity index (χ3n) is 2.81. The van der Waals surface area contributed by atoms with Crippen LogP contribution in [0.25, 0.3) is 10.3 Å². The molecule has 0 saturated heterocycles. The van der Waals surface area contributed by atoms with E-state index in [1.807, 2.05) is 48.3 Å². The Labute approximate surface area is 119 Å². The lowest BCUT2D eigenvalue weighted by Gasteiger charge is -2.18. The molecule has 1 aromatic carbocycles. The number of pyridine rings is 1. The Morgan fingerprint density at radius 1 is 1.11 bits per heavy atom. The van der Waals surface area contributed by atoms with Crippen molar-refractivity contribution in [3.63, 3.8) is 0 Å². The lowest BCUT2D eigenvalue weighted by molar-refractivity contribution is 1.15. The molecule has 3 rings (SSSR count). The largest absolute Gasteiger partial charge is 0.375 e. The summed E-state index contributed by atoms with van der Waals surface area (Å²) in [6, 6.07) is 11.5. The Morgan fingerprint density at radius 3 is 2.58 bits per heavy atom. The topological polar surface area (TPSA) is 55.0 Å². The van der Waals surface area contributed by atoms with Gasteiger partial charge in [-0.05, 0) is 36.4 Å². The van der Waals surface area contributed by atoms with Crippen molar-refractivity contribution in [3.05, 3.63) is 41.4 Å². The number of nitrogens with zero attached hydrogens (tertiary/aromatic N) is 3. The van der Waals surface area contributed by atoms with E-state index in [-0.39, 0.29) is 0 Å². The van der Waals surface area contributed by atoms with Crippen molar-refractivity contribution in [2.24, 2.45) is 0 Å². The summed E-state index contributed by atoms with van der Waals surface area (Å²) in [7, 11) is 1.96. The molecule has 0 bridgehead atoms. The van der Waals surface area contributed by atoms with Crippen LogP contribution in [0.15, 0.2) is 36.4 Å². The first-order valence-corrected chi connectivity index (χ1v) is 6.85. The SMILES string of the molecule is CN(c1ccc(Cl)cc1)c1ccc2nc(N)sc2n1. The maximum absolute atomic E-state index is 5.89. The van der Waals surface area contributed by atoms with Gasteiger partial charge >= 0.3 is 0 Å².